The van der Waals surface area contributed by atoms with Gasteiger partial charge in [-0.1, -0.05) is 12.1 Å². The number of hydrogen-bond acceptors (Lipinski definition) is 4. The Kier molecular flexibility index (Phi) is 4.36. The molecule has 152 valence electrons. The van der Waals surface area contributed by atoms with Crippen LogP contribution in [0.3, 0.4) is 0 Å². The zero-order valence-corrected chi connectivity index (χ0v) is 17.1. The molecule has 2 amide bonds. The van der Waals surface area contributed by atoms with Gasteiger partial charge in [0.2, 0.25) is 5.91 Å². The summed E-state index contributed by atoms with van der Waals surface area (Å²) < 4.78 is 10.5. The predicted molar refractivity (Wildman–Crippen MR) is 105 cm³/mol. The van der Waals surface area contributed by atoms with Crippen LogP contribution in [0.4, 0.5) is 4.79 Å². The van der Waals surface area contributed by atoms with E-state index >= 15 is 0 Å². The van der Waals surface area contributed by atoms with E-state index in [4.69, 9.17) is 9.47 Å². The molecular formula is C22H30N2O4. The number of nitrogens with one attached hydrogen (secondary N) is 2. The summed E-state index contributed by atoms with van der Waals surface area (Å²) in [6, 6.07) is 8.47. The van der Waals surface area contributed by atoms with Crippen molar-refractivity contribution in [3.8, 4) is 5.75 Å². The van der Waals surface area contributed by atoms with Crippen LogP contribution in [0, 0.1) is 5.41 Å². The molecule has 0 atom stereocenters. The van der Waals surface area contributed by atoms with Crippen LogP contribution in [0.15, 0.2) is 24.3 Å². The summed E-state index contributed by atoms with van der Waals surface area (Å²) in [5.74, 6) is 1.05. The van der Waals surface area contributed by atoms with Gasteiger partial charge in [-0.3, -0.25) is 4.79 Å². The fourth-order valence-corrected chi connectivity index (χ4v) is 4.95. The number of ether oxygens (including phenoxy) is 2. The molecule has 4 aliphatic carbocycles. The number of hydrogen-bond donors (Lipinski definition) is 2. The Balaban J connectivity index is 1.20. The van der Waals surface area contributed by atoms with E-state index in [0.717, 1.165) is 37.9 Å². The van der Waals surface area contributed by atoms with E-state index in [1.165, 1.54) is 5.56 Å². The number of carbonyl (C=O) groups excluding carboxylic acids is 2. The molecule has 0 saturated heterocycles. The minimum Gasteiger partial charge on any atom is -0.497 e. The van der Waals surface area contributed by atoms with Crippen LogP contribution in [0.1, 0.15) is 58.4 Å². The van der Waals surface area contributed by atoms with Crippen LogP contribution in [-0.2, 0) is 14.9 Å². The molecule has 4 aliphatic rings. The second-order valence-corrected chi connectivity index (χ2v) is 9.80. The number of carbonyl (C=O) groups is 2. The molecular weight excluding hydrogens is 356 g/mol. The lowest BCUT2D eigenvalue weighted by Crippen LogP contribution is -2.71. The Morgan fingerprint density at radius 1 is 1.00 bits per heavy atom. The molecule has 6 nitrogen and oxygen atoms in total. The molecule has 6 heteroatoms. The van der Waals surface area contributed by atoms with Gasteiger partial charge >= 0.3 is 6.09 Å². The highest BCUT2D eigenvalue weighted by molar-refractivity contribution is 5.88. The minimum atomic E-state index is -0.495. The number of methoxy groups -OCH3 is 1. The van der Waals surface area contributed by atoms with E-state index in [-0.39, 0.29) is 34.9 Å². The van der Waals surface area contributed by atoms with Crippen LogP contribution in [0.5, 0.6) is 5.75 Å². The van der Waals surface area contributed by atoms with E-state index in [9.17, 15) is 9.59 Å². The van der Waals surface area contributed by atoms with Gasteiger partial charge in [0.25, 0.3) is 0 Å². The molecule has 2 bridgehead atoms. The predicted octanol–water partition coefficient (Wildman–Crippen LogP) is 3.29. The van der Waals surface area contributed by atoms with Gasteiger partial charge in [-0.05, 0) is 76.0 Å². The van der Waals surface area contributed by atoms with Gasteiger partial charge in [0.05, 0.1) is 12.5 Å². The molecule has 0 aliphatic heterocycles. The molecule has 0 radical (unpaired) electrons. The van der Waals surface area contributed by atoms with E-state index in [1.54, 1.807) is 7.11 Å². The van der Waals surface area contributed by atoms with Gasteiger partial charge < -0.3 is 20.1 Å². The summed E-state index contributed by atoms with van der Waals surface area (Å²) in [4.78, 5) is 24.5. The quantitative estimate of drug-likeness (QED) is 0.814. The van der Waals surface area contributed by atoms with Gasteiger partial charge in [-0.15, -0.1) is 0 Å². The third-order valence-electron chi connectivity index (χ3n) is 6.41. The molecule has 5 rings (SSSR count). The van der Waals surface area contributed by atoms with Crippen molar-refractivity contribution in [2.45, 2.75) is 76.0 Å². The summed E-state index contributed by atoms with van der Waals surface area (Å²) >= 11 is 0. The highest BCUT2D eigenvalue weighted by Gasteiger charge is 2.71. The smallest absolute Gasteiger partial charge is 0.407 e. The summed E-state index contributed by atoms with van der Waals surface area (Å²) in [6.07, 6.45) is 3.96. The van der Waals surface area contributed by atoms with Gasteiger partial charge in [0.15, 0.2) is 0 Å². The van der Waals surface area contributed by atoms with Crippen LogP contribution in [0.25, 0.3) is 0 Å². The van der Waals surface area contributed by atoms with E-state index < -0.39 is 5.60 Å². The van der Waals surface area contributed by atoms with Gasteiger partial charge in [0, 0.05) is 12.1 Å². The lowest BCUT2D eigenvalue weighted by Gasteiger charge is -2.70. The third kappa shape index (κ3) is 3.33. The summed E-state index contributed by atoms with van der Waals surface area (Å²) in [5.41, 5.74) is 0.826. The van der Waals surface area contributed by atoms with Crippen molar-refractivity contribution >= 4 is 12.0 Å². The zero-order chi connectivity index (χ0) is 20.2. The second-order valence-electron chi connectivity index (χ2n) is 9.80. The third-order valence-corrected chi connectivity index (χ3v) is 6.41. The van der Waals surface area contributed by atoms with E-state index in [0.29, 0.717) is 0 Å². The Morgan fingerprint density at radius 2 is 1.57 bits per heavy atom. The molecule has 28 heavy (non-hydrogen) atoms. The number of alkyl carbamates (subject to hydrolysis) is 1. The van der Waals surface area contributed by atoms with Crippen LogP contribution < -0.4 is 15.4 Å². The summed E-state index contributed by atoms with van der Waals surface area (Å²) in [7, 11) is 1.67. The molecule has 1 aromatic rings. The number of benzene rings is 1. The standard InChI is InChI=1S/C22H30N2O4/c1-20(2,3)28-19(26)24-16-9-15(10-16)23-18(25)22-11-21(12-22,13-22)14-5-7-17(27-4)8-6-14/h5-8,15-16H,9-13H2,1-4H3,(H,23,25)(H,24,26)/t15-,16+,21?,22?. The first kappa shape index (κ1) is 19.1. The Bertz CT molecular complexity index is 755. The largest absolute Gasteiger partial charge is 0.497 e. The Morgan fingerprint density at radius 3 is 2.11 bits per heavy atom. The van der Waals surface area contributed by atoms with E-state index in [2.05, 4.69) is 22.8 Å². The van der Waals surface area contributed by atoms with Gasteiger partial charge in [0.1, 0.15) is 11.4 Å². The maximum absolute atomic E-state index is 12.7. The molecule has 0 heterocycles. The van der Waals surface area contributed by atoms with Crippen LogP contribution in [0.2, 0.25) is 0 Å². The average Bonchev–Trinajstić information content (AvgIpc) is 2.49. The van der Waals surface area contributed by atoms with Crippen LogP contribution in [-0.4, -0.2) is 36.8 Å². The van der Waals surface area contributed by atoms with Crippen molar-refractivity contribution in [3.05, 3.63) is 29.8 Å². The van der Waals surface area contributed by atoms with Gasteiger partial charge in [-0.2, -0.15) is 0 Å². The molecule has 0 aromatic heterocycles. The molecule has 4 fully saturated rings. The fourth-order valence-electron chi connectivity index (χ4n) is 4.95. The highest BCUT2D eigenvalue weighted by Crippen LogP contribution is 2.73. The molecule has 0 unspecified atom stereocenters. The summed E-state index contributed by atoms with van der Waals surface area (Å²) in [6.45, 7) is 5.54. The van der Waals surface area contributed by atoms with Crippen molar-refractivity contribution in [3.63, 3.8) is 0 Å². The fraction of sp³-hybridized carbons (Fsp3) is 0.636. The van der Waals surface area contributed by atoms with Crippen molar-refractivity contribution in [2.24, 2.45) is 5.41 Å². The van der Waals surface area contributed by atoms with Crippen molar-refractivity contribution in [1.82, 2.24) is 10.6 Å². The van der Waals surface area contributed by atoms with Crippen molar-refractivity contribution in [1.29, 1.82) is 0 Å². The number of rotatable bonds is 5. The van der Waals surface area contributed by atoms with Crippen molar-refractivity contribution < 1.29 is 19.1 Å². The lowest BCUT2D eigenvalue weighted by molar-refractivity contribution is -0.177. The first-order chi connectivity index (χ1) is 13.1. The first-order valence-electron chi connectivity index (χ1n) is 10.1. The lowest BCUT2D eigenvalue weighted by atomic mass is 9.33. The average molecular weight is 386 g/mol. The maximum Gasteiger partial charge on any atom is 0.407 e. The second kappa shape index (κ2) is 6.39. The monoisotopic (exact) mass is 386 g/mol. The topological polar surface area (TPSA) is 76.7 Å². The summed E-state index contributed by atoms with van der Waals surface area (Å²) in [5, 5.41) is 6.05. The number of amides is 2. The molecule has 4 saturated carbocycles. The molecule has 1 aromatic carbocycles. The van der Waals surface area contributed by atoms with Crippen LogP contribution >= 0.6 is 0 Å². The van der Waals surface area contributed by atoms with Crippen molar-refractivity contribution in [2.75, 3.05) is 7.11 Å². The molecule has 0 spiro atoms. The first-order valence-corrected chi connectivity index (χ1v) is 10.1. The Labute approximate surface area is 166 Å². The Hall–Kier alpha value is -2.24. The van der Waals surface area contributed by atoms with Gasteiger partial charge in [-0.25, -0.2) is 4.79 Å². The minimum absolute atomic E-state index is 0.0822. The zero-order valence-electron chi connectivity index (χ0n) is 17.1. The normalized spacial score (nSPS) is 32.9. The van der Waals surface area contributed by atoms with E-state index in [1.807, 2.05) is 32.9 Å². The maximum atomic E-state index is 12.7. The highest BCUT2D eigenvalue weighted by atomic mass is 16.6. The SMILES string of the molecule is COc1ccc(C23CC(C(=O)N[C@H]4C[C@@H](NC(=O)OC(C)(C)C)C4)(C2)C3)cc1. The molecule has 2 N–H and O–H groups in total.